The third kappa shape index (κ3) is 8.28. The summed E-state index contributed by atoms with van der Waals surface area (Å²) in [5, 5.41) is 10.9. The Balaban J connectivity index is 0.000000355. The molecule has 0 bridgehead atoms. The van der Waals surface area contributed by atoms with E-state index in [0.717, 1.165) is 51.4 Å². The molecule has 1 aliphatic rings. The molecule has 0 saturated carbocycles. The van der Waals surface area contributed by atoms with Gasteiger partial charge in [0.05, 0.1) is 13.2 Å². The van der Waals surface area contributed by atoms with E-state index in [1.807, 2.05) is 30.0 Å². The summed E-state index contributed by atoms with van der Waals surface area (Å²) >= 11 is 0. The number of aryl methyl sites for hydroxylation is 1. The SMILES string of the molecule is CCC(C)C.CCCC(C)(C)C.COc1cc(C2c3[nH]c4ccc(O)cc4c3CCN2C(C)=O)ccc1C. The second-order valence-corrected chi connectivity index (χ2v) is 12.0. The first-order valence-corrected chi connectivity index (χ1v) is 14.1. The average Bonchev–Trinajstić information content (AvgIpc) is 3.21. The van der Waals surface area contributed by atoms with E-state index in [9.17, 15) is 9.90 Å². The smallest absolute Gasteiger partial charge is 0.220 e. The van der Waals surface area contributed by atoms with Crippen molar-refractivity contribution in [2.45, 2.75) is 94.0 Å². The summed E-state index contributed by atoms with van der Waals surface area (Å²) in [4.78, 5) is 17.7. The monoisotopic (exact) mass is 522 g/mol. The Morgan fingerprint density at radius 1 is 1.16 bits per heavy atom. The molecule has 2 N–H and O–H groups in total. The Morgan fingerprint density at radius 2 is 1.82 bits per heavy atom. The number of amides is 1. The Bertz CT molecular complexity index is 1190. The minimum Gasteiger partial charge on any atom is -0.508 e. The number of hydrogen-bond acceptors (Lipinski definition) is 3. The third-order valence-corrected chi connectivity index (χ3v) is 7.08. The molecule has 0 radical (unpaired) electrons. The highest BCUT2D eigenvalue weighted by atomic mass is 16.5. The van der Waals surface area contributed by atoms with Crippen molar-refractivity contribution in [2.75, 3.05) is 13.7 Å². The number of phenols is 1. The van der Waals surface area contributed by atoms with E-state index >= 15 is 0 Å². The average molecular weight is 523 g/mol. The molecule has 3 aromatic rings. The van der Waals surface area contributed by atoms with Crippen LogP contribution in [-0.2, 0) is 11.2 Å². The van der Waals surface area contributed by atoms with E-state index in [-0.39, 0.29) is 17.7 Å². The highest BCUT2D eigenvalue weighted by Gasteiger charge is 2.33. The van der Waals surface area contributed by atoms with Gasteiger partial charge in [0.2, 0.25) is 5.91 Å². The molecular formula is C33H50N2O3. The maximum absolute atomic E-state index is 12.3. The molecule has 0 spiro atoms. The number of H-pyrrole nitrogens is 1. The van der Waals surface area contributed by atoms with Crippen molar-refractivity contribution in [3.05, 3.63) is 58.8 Å². The van der Waals surface area contributed by atoms with Gasteiger partial charge in [0.25, 0.3) is 0 Å². The summed E-state index contributed by atoms with van der Waals surface area (Å²) in [6.07, 6.45) is 4.72. The third-order valence-electron chi connectivity index (χ3n) is 7.08. The normalized spacial score (nSPS) is 14.8. The number of carbonyl (C=O) groups excluding carboxylic acids is 1. The fourth-order valence-electron chi connectivity index (χ4n) is 4.72. The number of hydrogen-bond donors (Lipinski definition) is 2. The van der Waals surface area contributed by atoms with E-state index in [4.69, 9.17) is 4.74 Å². The summed E-state index contributed by atoms with van der Waals surface area (Å²) < 4.78 is 5.49. The molecule has 1 atom stereocenters. The molecule has 210 valence electrons. The Labute approximate surface area is 230 Å². The van der Waals surface area contributed by atoms with Gasteiger partial charge in [-0.2, -0.15) is 0 Å². The largest absolute Gasteiger partial charge is 0.508 e. The van der Waals surface area contributed by atoms with E-state index in [2.05, 4.69) is 59.5 Å². The number of aromatic nitrogens is 1. The molecule has 5 heteroatoms. The predicted octanol–water partition coefficient (Wildman–Crippen LogP) is 8.57. The number of aromatic amines is 1. The number of phenolic OH excluding ortho intramolecular Hbond substituents is 1. The lowest BCUT2D eigenvalue weighted by molar-refractivity contribution is -0.130. The second kappa shape index (κ2) is 13.7. The number of methoxy groups -OCH3 is 1. The van der Waals surface area contributed by atoms with Crippen LogP contribution in [0.1, 0.15) is 103 Å². The van der Waals surface area contributed by atoms with Crippen molar-refractivity contribution in [1.29, 1.82) is 0 Å². The van der Waals surface area contributed by atoms with E-state index in [0.29, 0.717) is 12.0 Å². The van der Waals surface area contributed by atoms with Gasteiger partial charge in [-0.25, -0.2) is 0 Å². The first kappa shape index (κ1) is 31.3. The molecule has 0 aliphatic carbocycles. The van der Waals surface area contributed by atoms with Crippen LogP contribution in [0, 0.1) is 18.3 Å². The molecule has 2 heterocycles. The first-order chi connectivity index (χ1) is 17.8. The van der Waals surface area contributed by atoms with Crippen LogP contribution in [0.3, 0.4) is 0 Å². The van der Waals surface area contributed by atoms with Gasteiger partial charge in [0.15, 0.2) is 0 Å². The highest BCUT2D eigenvalue weighted by molar-refractivity contribution is 5.87. The van der Waals surface area contributed by atoms with Crippen molar-refractivity contribution in [2.24, 2.45) is 11.3 Å². The van der Waals surface area contributed by atoms with Crippen LogP contribution in [-0.4, -0.2) is 34.6 Å². The lowest BCUT2D eigenvalue weighted by Crippen LogP contribution is -2.39. The minimum atomic E-state index is -0.194. The second-order valence-electron chi connectivity index (χ2n) is 12.0. The number of aromatic hydroxyl groups is 1. The zero-order valence-corrected chi connectivity index (χ0v) is 25.4. The van der Waals surface area contributed by atoms with Crippen LogP contribution in [0.15, 0.2) is 36.4 Å². The molecule has 5 nitrogen and oxygen atoms in total. The summed E-state index contributed by atoms with van der Waals surface area (Å²) in [5.74, 6) is 1.99. The van der Waals surface area contributed by atoms with Gasteiger partial charge in [-0.3, -0.25) is 4.79 Å². The summed E-state index contributed by atoms with van der Waals surface area (Å²) in [6.45, 7) is 20.0. The summed E-state index contributed by atoms with van der Waals surface area (Å²) in [5.41, 5.74) is 5.77. The van der Waals surface area contributed by atoms with E-state index < -0.39 is 0 Å². The van der Waals surface area contributed by atoms with Crippen LogP contribution in [0.5, 0.6) is 11.5 Å². The number of nitrogens with one attached hydrogen (secondary N) is 1. The van der Waals surface area contributed by atoms with Gasteiger partial charge in [0, 0.05) is 30.1 Å². The van der Waals surface area contributed by atoms with Crippen LogP contribution in [0.2, 0.25) is 0 Å². The Hall–Kier alpha value is -2.95. The van der Waals surface area contributed by atoms with Crippen LogP contribution >= 0.6 is 0 Å². The van der Waals surface area contributed by atoms with Crippen LogP contribution in [0.4, 0.5) is 0 Å². The van der Waals surface area contributed by atoms with Crippen LogP contribution in [0.25, 0.3) is 10.9 Å². The maximum atomic E-state index is 12.3. The topological polar surface area (TPSA) is 65.6 Å². The maximum Gasteiger partial charge on any atom is 0.220 e. The quantitative estimate of drug-likeness (QED) is 0.361. The first-order valence-electron chi connectivity index (χ1n) is 14.1. The number of nitrogens with zero attached hydrogens (tertiary/aromatic N) is 1. The van der Waals surface area contributed by atoms with Gasteiger partial charge in [0.1, 0.15) is 11.5 Å². The lowest BCUT2D eigenvalue weighted by atomic mass is 9.91. The van der Waals surface area contributed by atoms with Gasteiger partial charge in [-0.15, -0.1) is 0 Å². The molecule has 1 aromatic heterocycles. The molecule has 4 rings (SSSR count). The highest BCUT2D eigenvalue weighted by Crippen LogP contribution is 2.40. The van der Waals surface area contributed by atoms with Crippen molar-refractivity contribution in [3.8, 4) is 11.5 Å². The van der Waals surface area contributed by atoms with Crippen molar-refractivity contribution < 1.29 is 14.6 Å². The van der Waals surface area contributed by atoms with E-state index in [1.54, 1.807) is 26.2 Å². The van der Waals surface area contributed by atoms with Crippen LogP contribution < -0.4 is 4.74 Å². The summed E-state index contributed by atoms with van der Waals surface area (Å²) in [6, 6.07) is 11.2. The molecule has 0 fully saturated rings. The zero-order chi connectivity index (χ0) is 28.6. The predicted molar refractivity (Wildman–Crippen MR) is 160 cm³/mol. The fourth-order valence-corrected chi connectivity index (χ4v) is 4.72. The van der Waals surface area contributed by atoms with Gasteiger partial charge < -0.3 is 19.7 Å². The molecule has 1 aliphatic heterocycles. The van der Waals surface area contributed by atoms with Crippen molar-refractivity contribution >= 4 is 16.8 Å². The lowest BCUT2D eigenvalue weighted by Gasteiger charge is -2.35. The molecule has 1 amide bonds. The number of benzene rings is 2. The minimum absolute atomic E-state index is 0.0432. The number of ether oxygens (including phenoxy) is 1. The molecule has 0 saturated heterocycles. The Kier molecular flexibility index (Phi) is 11.3. The van der Waals surface area contributed by atoms with Gasteiger partial charge in [-0.1, -0.05) is 73.4 Å². The number of carbonyl (C=O) groups is 1. The molecule has 2 aromatic carbocycles. The Morgan fingerprint density at radius 3 is 2.32 bits per heavy atom. The number of fused-ring (bicyclic) bond motifs is 3. The molecule has 38 heavy (non-hydrogen) atoms. The number of rotatable bonds is 4. The standard InChI is InChI=1S/C21H22N2O3.C7H16.C5H12/c1-12-4-5-14(10-19(12)26-3)21-20-16(8-9-23(21)13(2)24)17-11-15(25)6-7-18(17)22-20;1-5-6-7(2,3)4;1-4-5(2)3/h4-7,10-11,21-22,25H,8-9H2,1-3H3;5-6H2,1-4H3;5H,4H2,1-3H3. The van der Waals surface area contributed by atoms with Crippen molar-refractivity contribution in [1.82, 2.24) is 9.88 Å². The molecule has 1 unspecified atom stereocenters. The fraction of sp³-hybridized carbons (Fsp3) is 0.545. The van der Waals surface area contributed by atoms with Gasteiger partial charge in [-0.05, 0) is 72.1 Å². The van der Waals surface area contributed by atoms with Gasteiger partial charge >= 0.3 is 0 Å². The van der Waals surface area contributed by atoms with Crippen molar-refractivity contribution in [3.63, 3.8) is 0 Å². The molecular weight excluding hydrogens is 472 g/mol. The summed E-state index contributed by atoms with van der Waals surface area (Å²) in [7, 11) is 1.66. The zero-order valence-electron chi connectivity index (χ0n) is 25.4. The van der Waals surface area contributed by atoms with E-state index in [1.165, 1.54) is 19.3 Å².